The van der Waals surface area contributed by atoms with Crippen molar-refractivity contribution in [1.29, 1.82) is 0 Å². The number of nitrogens with one attached hydrogen (secondary N) is 1. The number of methoxy groups -OCH3 is 1. The van der Waals surface area contributed by atoms with Crippen molar-refractivity contribution in [2.75, 3.05) is 25.9 Å². The summed E-state index contributed by atoms with van der Waals surface area (Å²) in [5.74, 6) is -0.717. The van der Waals surface area contributed by atoms with E-state index in [1.54, 1.807) is 0 Å². The second kappa shape index (κ2) is 10.7. The molecule has 3 atom stereocenters. The number of amides is 1. The van der Waals surface area contributed by atoms with Gasteiger partial charge in [-0.25, -0.2) is 19.0 Å². The minimum Gasteiger partial charge on any atom is -0.493 e. The number of likely N-dealkylation sites (tertiary alicyclic amines) is 1. The van der Waals surface area contributed by atoms with Crippen molar-refractivity contribution in [3.8, 4) is 17.0 Å². The third kappa shape index (κ3) is 4.78. The number of benzene rings is 2. The van der Waals surface area contributed by atoms with Gasteiger partial charge in [0.05, 0.1) is 24.1 Å². The van der Waals surface area contributed by atoms with E-state index in [1.807, 2.05) is 35.0 Å². The lowest BCUT2D eigenvalue weighted by atomic mass is 10.1. The van der Waals surface area contributed by atoms with Gasteiger partial charge >= 0.3 is 0 Å². The molecular formula is C29H30FN7O3. The number of carbonyl (C=O) groups is 1. The zero-order valence-corrected chi connectivity index (χ0v) is 22.1. The van der Waals surface area contributed by atoms with Crippen molar-refractivity contribution < 1.29 is 18.7 Å². The molecule has 10 nitrogen and oxygen atoms in total. The molecule has 3 N–H and O–H groups in total. The minimum absolute atomic E-state index is 0.0797. The number of nitrogens with zero attached hydrogens (tertiary/aromatic N) is 5. The summed E-state index contributed by atoms with van der Waals surface area (Å²) in [7, 11) is 1.33. The maximum absolute atomic E-state index is 14.0. The molecule has 1 amide bonds. The standard InChI is InChI=1S/C29H30FN7O3/c1-3-22-29(40-22)36-13-5-6-19(15-36)37-27-23(26(31)33-16-34-27)24(35-37)18-11-9-17(10-12-18)14-32-28(38)20-7-4-8-21(30)25(20)39-2/h3-4,7-12,16,19,22,29H,1,5-6,13-15H2,2H3,(H,32,38)(H2,31,33,34). The topological polar surface area (TPSA) is 124 Å². The van der Waals surface area contributed by atoms with E-state index in [0.717, 1.165) is 37.1 Å². The minimum atomic E-state index is -0.586. The highest BCUT2D eigenvalue weighted by Crippen LogP contribution is 2.36. The number of epoxide rings is 1. The molecule has 2 aromatic heterocycles. The van der Waals surface area contributed by atoms with Gasteiger partial charge in [-0.05, 0) is 30.5 Å². The van der Waals surface area contributed by atoms with Crippen LogP contribution < -0.4 is 15.8 Å². The Hall–Kier alpha value is -4.35. The third-order valence-electron chi connectivity index (χ3n) is 7.48. The van der Waals surface area contributed by atoms with Gasteiger partial charge < -0.3 is 20.5 Å². The average molecular weight is 544 g/mol. The molecule has 2 saturated heterocycles. The van der Waals surface area contributed by atoms with Gasteiger partial charge in [0.25, 0.3) is 5.91 Å². The van der Waals surface area contributed by atoms with Gasteiger partial charge in [0, 0.05) is 25.2 Å². The number of halogens is 1. The summed E-state index contributed by atoms with van der Waals surface area (Å²) in [6.07, 6.45) is 5.47. The number of nitrogen functional groups attached to an aromatic ring is 1. The summed E-state index contributed by atoms with van der Waals surface area (Å²) in [6.45, 7) is 5.87. The first-order valence-corrected chi connectivity index (χ1v) is 13.2. The zero-order valence-electron chi connectivity index (χ0n) is 22.1. The summed E-state index contributed by atoms with van der Waals surface area (Å²) in [4.78, 5) is 23.8. The molecule has 6 rings (SSSR count). The molecule has 4 heterocycles. The lowest BCUT2D eigenvalue weighted by Gasteiger charge is -2.31. The fourth-order valence-electron chi connectivity index (χ4n) is 5.40. The molecule has 0 radical (unpaired) electrons. The molecule has 2 aliphatic rings. The Bertz CT molecular complexity index is 1570. The normalized spacial score (nSPS) is 20.8. The monoisotopic (exact) mass is 543 g/mol. The molecule has 4 aromatic rings. The summed E-state index contributed by atoms with van der Waals surface area (Å²) in [5.41, 5.74) is 9.60. The number of hydrogen-bond donors (Lipinski definition) is 2. The highest BCUT2D eigenvalue weighted by Gasteiger charge is 2.43. The first kappa shape index (κ1) is 25.9. The van der Waals surface area contributed by atoms with E-state index < -0.39 is 11.7 Å². The van der Waals surface area contributed by atoms with Crippen LogP contribution in [0, 0.1) is 5.82 Å². The Kier molecular flexibility index (Phi) is 6.91. The highest BCUT2D eigenvalue weighted by molar-refractivity contribution is 5.98. The molecule has 206 valence electrons. The number of nitrogens with two attached hydrogens (primary N) is 1. The number of fused-ring (bicyclic) bond motifs is 1. The fraction of sp³-hybridized carbons (Fsp3) is 0.310. The second-order valence-corrected chi connectivity index (χ2v) is 9.97. The fourth-order valence-corrected chi connectivity index (χ4v) is 5.40. The quantitative estimate of drug-likeness (QED) is 0.255. The third-order valence-corrected chi connectivity index (χ3v) is 7.48. The van der Waals surface area contributed by atoms with Gasteiger partial charge in [0.15, 0.2) is 17.2 Å². The Balaban J connectivity index is 1.22. The van der Waals surface area contributed by atoms with Gasteiger partial charge in [-0.15, -0.1) is 6.58 Å². The van der Waals surface area contributed by atoms with Crippen LogP contribution in [0.1, 0.15) is 34.8 Å². The number of para-hydroxylation sites is 1. The van der Waals surface area contributed by atoms with E-state index in [4.69, 9.17) is 20.3 Å². The van der Waals surface area contributed by atoms with Crippen molar-refractivity contribution in [3.63, 3.8) is 0 Å². The van der Waals surface area contributed by atoms with Crippen LogP contribution in [-0.4, -0.2) is 63.1 Å². The Morgan fingerprint density at radius 1 is 1.27 bits per heavy atom. The lowest BCUT2D eigenvalue weighted by molar-refractivity contribution is 0.0947. The molecule has 0 spiro atoms. The predicted molar refractivity (Wildman–Crippen MR) is 148 cm³/mol. The van der Waals surface area contributed by atoms with E-state index in [0.29, 0.717) is 22.5 Å². The van der Waals surface area contributed by atoms with E-state index in [-0.39, 0.29) is 36.2 Å². The number of anilines is 1. The number of carbonyl (C=O) groups excluding carboxylic acids is 1. The summed E-state index contributed by atoms with van der Waals surface area (Å²) >= 11 is 0. The largest absolute Gasteiger partial charge is 0.493 e. The summed E-state index contributed by atoms with van der Waals surface area (Å²) in [6, 6.07) is 12.0. The Morgan fingerprint density at radius 3 is 2.85 bits per heavy atom. The second-order valence-electron chi connectivity index (χ2n) is 9.97. The van der Waals surface area contributed by atoms with Crippen LogP contribution in [0.15, 0.2) is 61.4 Å². The van der Waals surface area contributed by atoms with Gasteiger partial charge in [-0.3, -0.25) is 9.69 Å². The van der Waals surface area contributed by atoms with E-state index in [1.165, 1.54) is 31.6 Å². The van der Waals surface area contributed by atoms with Crippen LogP contribution >= 0.6 is 0 Å². The predicted octanol–water partition coefficient (Wildman–Crippen LogP) is 3.70. The van der Waals surface area contributed by atoms with Crippen molar-refractivity contribution in [2.45, 2.75) is 37.8 Å². The molecule has 11 heteroatoms. The smallest absolute Gasteiger partial charge is 0.255 e. The maximum atomic E-state index is 14.0. The molecular weight excluding hydrogens is 513 g/mol. The number of ether oxygens (including phenoxy) is 2. The molecule has 0 bridgehead atoms. The number of aromatic nitrogens is 4. The van der Waals surface area contributed by atoms with Gasteiger partial charge in [0.2, 0.25) is 0 Å². The van der Waals surface area contributed by atoms with Crippen LogP contribution in [-0.2, 0) is 11.3 Å². The zero-order chi connectivity index (χ0) is 27.8. The SMILES string of the molecule is C=CC1OC1N1CCCC(n2nc(-c3ccc(CNC(=O)c4cccc(F)c4OC)cc3)c3c(N)ncnc32)C1. The molecule has 3 unspecified atom stereocenters. The molecule has 2 aromatic carbocycles. The molecule has 0 saturated carbocycles. The van der Waals surface area contributed by atoms with Crippen LogP contribution in [0.4, 0.5) is 10.2 Å². The maximum Gasteiger partial charge on any atom is 0.255 e. The van der Waals surface area contributed by atoms with E-state index in [9.17, 15) is 9.18 Å². The molecule has 0 aliphatic carbocycles. The van der Waals surface area contributed by atoms with Crippen LogP contribution in [0.2, 0.25) is 0 Å². The highest BCUT2D eigenvalue weighted by atomic mass is 19.1. The van der Waals surface area contributed by atoms with Gasteiger partial charge in [0.1, 0.15) is 30.2 Å². The number of rotatable bonds is 8. The Morgan fingerprint density at radius 2 is 2.10 bits per heavy atom. The van der Waals surface area contributed by atoms with Crippen molar-refractivity contribution in [3.05, 3.63) is 78.4 Å². The average Bonchev–Trinajstić information content (AvgIpc) is 3.68. The number of piperidine rings is 1. The van der Waals surface area contributed by atoms with Crippen LogP contribution in [0.5, 0.6) is 5.75 Å². The van der Waals surface area contributed by atoms with Crippen molar-refractivity contribution >= 4 is 22.8 Å². The van der Waals surface area contributed by atoms with Crippen molar-refractivity contribution in [2.24, 2.45) is 0 Å². The lowest BCUT2D eigenvalue weighted by Crippen LogP contribution is -2.39. The van der Waals surface area contributed by atoms with E-state index >= 15 is 0 Å². The first-order valence-electron chi connectivity index (χ1n) is 13.2. The molecule has 2 fully saturated rings. The molecule has 40 heavy (non-hydrogen) atoms. The summed E-state index contributed by atoms with van der Waals surface area (Å²) in [5, 5.41) is 8.53. The van der Waals surface area contributed by atoms with Gasteiger partial charge in [-0.2, -0.15) is 5.10 Å². The molecule has 2 aliphatic heterocycles. The Labute approximate surface area is 230 Å². The van der Waals surface area contributed by atoms with Crippen LogP contribution in [0.25, 0.3) is 22.3 Å². The van der Waals surface area contributed by atoms with Crippen molar-refractivity contribution in [1.82, 2.24) is 30.0 Å². The van der Waals surface area contributed by atoms with Crippen LogP contribution in [0.3, 0.4) is 0 Å². The first-order chi connectivity index (χ1) is 19.5. The number of hydrogen-bond acceptors (Lipinski definition) is 8. The van der Waals surface area contributed by atoms with E-state index in [2.05, 4.69) is 26.8 Å². The summed E-state index contributed by atoms with van der Waals surface area (Å²) < 4.78 is 26.8. The van der Waals surface area contributed by atoms with Gasteiger partial charge in [-0.1, -0.05) is 36.4 Å².